The second kappa shape index (κ2) is 8.35. The molecule has 2 aromatic carbocycles. The molecule has 26 heavy (non-hydrogen) atoms. The van der Waals surface area contributed by atoms with Crippen LogP contribution in [0.3, 0.4) is 0 Å². The number of hydrogen-bond donors (Lipinski definition) is 4. The van der Waals surface area contributed by atoms with E-state index in [4.69, 9.17) is 22.9 Å². The molecular weight excluding hydrogens is 320 g/mol. The minimum atomic E-state index is 0.839. The Morgan fingerprint density at radius 1 is 0.654 bits per heavy atom. The van der Waals surface area contributed by atoms with E-state index in [9.17, 15) is 0 Å². The summed E-state index contributed by atoms with van der Waals surface area (Å²) in [5, 5.41) is 0. The highest BCUT2D eigenvalue weighted by atomic mass is 14.6. The molecule has 0 saturated heterocycles. The lowest BCUT2D eigenvalue weighted by Gasteiger charge is -2.16. The lowest BCUT2D eigenvalue weighted by atomic mass is 9.93. The molecule has 0 saturated carbocycles. The topological polar surface area (TPSA) is 104 Å². The number of hydrogen-bond acceptors (Lipinski definition) is 4. The molecule has 4 nitrogen and oxygen atoms in total. The van der Waals surface area contributed by atoms with Gasteiger partial charge in [-0.1, -0.05) is 26.0 Å². The van der Waals surface area contributed by atoms with E-state index in [2.05, 4.69) is 32.9 Å². The zero-order valence-electron chi connectivity index (χ0n) is 16.7. The van der Waals surface area contributed by atoms with Crippen molar-refractivity contribution in [3.8, 4) is 0 Å². The van der Waals surface area contributed by atoms with Gasteiger partial charge in [-0.3, -0.25) is 0 Å². The van der Waals surface area contributed by atoms with Crippen molar-refractivity contribution in [2.75, 3.05) is 22.9 Å². The number of anilines is 4. The van der Waals surface area contributed by atoms with Gasteiger partial charge in [0.1, 0.15) is 0 Å². The van der Waals surface area contributed by atoms with Crippen molar-refractivity contribution >= 4 is 22.7 Å². The first-order valence-electron chi connectivity index (χ1n) is 9.64. The predicted octanol–water partition coefficient (Wildman–Crippen LogP) is 4.32. The van der Waals surface area contributed by atoms with Gasteiger partial charge in [-0.25, -0.2) is 0 Å². The first kappa shape index (κ1) is 20.0. The molecule has 0 radical (unpaired) electrons. The monoisotopic (exact) mass is 354 g/mol. The maximum Gasteiger partial charge on any atom is 0.0399 e. The molecular formula is C22H34N4. The van der Waals surface area contributed by atoms with Gasteiger partial charge < -0.3 is 22.9 Å². The maximum atomic E-state index is 6.34. The summed E-state index contributed by atoms with van der Waals surface area (Å²) in [4.78, 5) is 0. The molecule has 4 heteroatoms. The number of nitrogen functional groups attached to an aromatic ring is 4. The molecule has 0 spiro atoms. The van der Waals surface area contributed by atoms with E-state index in [0.717, 1.165) is 78.0 Å². The summed E-state index contributed by atoms with van der Waals surface area (Å²) in [5.41, 5.74) is 35.2. The van der Waals surface area contributed by atoms with Gasteiger partial charge in [0.05, 0.1) is 0 Å². The van der Waals surface area contributed by atoms with Gasteiger partial charge >= 0.3 is 0 Å². The van der Waals surface area contributed by atoms with Crippen LogP contribution in [-0.2, 0) is 25.7 Å². The third-order valence-corrected chi connectivity index (χ3v) is 5.54. The average molecular weight is 355 g/mol. The van der Waals surface area contributed by atoms with Crippen LogP contribution >= 0.6 is 0 Å². The molecule has 0 aliphatic rings. The van der Waals surface area contributed by atoms with Gasteiger partial charge in [-0.15, -0.1) is 0 Å². The summed E-state index contributed by atoms with van der Waals surface area (Å²) in [7, 11) is 0. The Labute approximate surface area is 157 Å². The summed E-state index contributed by atoms with van der Waals surface area (Å²) in [5.74, 6) is 0. The van der Waals surface area contributed by atoms with E-state index >= 15 is 0 Å². The molecule has 0 amide bonds. The second-order valence-electron chi connectivity index (χ2n) is 7.22. The smallest absolute Gasteiger partial charge is 0.0399 e. The van der Waals surface area contributed by atoms with E-state index in [-0.39, 0.29) is 0 Å². The molecule has 0 atom stereocenters. The number of unbranched alkanes of at least 4 members (excludes halogenated alkanes) is 1. The van der Waals surface area contributed by atoms with Gasteiger partial charge in [0.15, 0.2) is 0 Å². The number of benzene rings is 2. The molecule has 0 fully saturated rings. The first-order chi connectivity index (χ1) is 12.3. The molecule has 0 bridgehead atoms. The highest BCUT2D eigenvalue weighted by Gasteiger charge is 2.12. The average Bonchev–Trinajstić information content (AvgIpc) is 2.63. The van der Waals surface area contributed by atoms with Crippen molar-refractivity contribution in [1.29, 1.82) is 0 Å². The standard InChI is InChI=1S/C22H34N4/c1-5-15-12-17(21(25)14(4)20(15)24)10-8-7-9-16-11-13(3)19(23)18(6-2)22(16)26/h11-12H,5-10,23-26H2,1-4H3. The fourth-order valence-corrected chi connectivity index (χ4v) is 3.70. The highest BCUT2D eigenvalue weighted by molar-refractivity contribution is 5.69. The Bertz CT molecular complexity index is 790. The van der Waals surface area contributed by atoms with Gasteiger partial charge in [0, 0.05) is 22.7 Å². The molecule has 8 N–H and O–H groups in total. The van der Waals surface area contributed by atoms with Crippen LogP contribution in [0, 0.1) is 13.8 Å². The molecule has 2 rings (SSSR count). The van der Waals surface area contributed by atoms with Crippen LogP contribution in [0.5, 0.6) is 0 Å². The highest BCUT2D eigenvalue weighted by Crippen LogP contribution is 2.31. The van der Waals surface area contributed by atoms with Crippen LogP contribution in [-0.4, -0.2) is 0 Å². The summed E-state index contributed by atoms with van der Waals surface area (Å²) in [6.07, 6.45) is 5.87. The Hall–Kier alpha value is -2.36. The van der Waals surface area contributed by atoms with Gasteiger partial charge in [0.25, 0.3) is 0 Å². The number of aryl methyl sites for hydroxylation is 4. The fourth-order valence-electron chi connectivity index (χ4n) is 3.70. The molecule has 2 aromatic rings. The van der Waals surface area contributed by atoms with Crippen LogP contribution in [0.1, 0.15) is 60.1 Å². The van der Waals surface area contributed by atoms with Crippen LogP contribution < -0.4 is 22.9 Å². The van der Waals surface area contributed by atoms with E-state index < -0.39 is 0 Å². The summed E-state index contributed by atoms with van der Waals surface area (Å²) in [6, 6.07) is 4.31. The van der Waals surface area contributed by atoms with Crippen molar-refractivity contribution in [3.05, 3.63) is 45.5 Å². The van der Waals surface area contributed by atoms with Crippen molar-refractivity contribution in [2.45, 2.75) is 66.2 Å². The van der Waals surface area contributed by atoms with Crippen LogP contribution in [0.4, 0.5) is 22.7 Å². The van der Waals surface area contributed by atoms with E-state index in [0.29, 0.717) is 0 Å². The third kappa shape index (κ3) is 3.90. The summed E-state index contributed by atoms with van der Waals surface area (Å²) >= 11 is 0. The second-order valence-corrected chi connectivity index (χ2v) is 7.22. The predicted molar refractivity (Wildman–Crippen MR) is 115 cm³/mol. The summed E-state index contributed by atoms with van der Waals surface area (Å²) < 4.78 is 0. The first-order valence-corrected chi connectivity index (χ1v) is 9.64. The lowest BCUT2D eigenvalue weighted by Crippen LogP contribution is -2.07. The Morgan fingerprint density at radius 3 is 1.73 bits per heavy atom. The fraction of sp³-hybridized carbons (Fsp3) is 0.455. The zero-order valence-corrected chi connectivity index (χ0v) is 16.7. The van der Waals surface area contributed by atoms with Crippen LogP contribution in [0.15, 0.2) is 12.1 Å². The van der Waals surface area contributed by atoms with Crippen molar-refractivity contribution in [2.24, 2.45) is 0 Å². The van der Waals surface area contributed by atoms with Gasteiger partial charge in [-0.2, -0.15) is 0 Å². The molecule has 0 aliphatic carbocycles. The quantitative estimate of drug-likeness (QED) is 0.439. The minimum Gasteiger partial charge on any atom is -0.398 e. The Kier molecular flexibility index (Phi) is 6.41. The molecule has 0 aliphatic heterocycles. The van der Waals surface area contributed by atoms with Crippen molar-refractivity contribution in [1.82, 2.24) is 0 Å². The number of nitrogens with two attached hydrogens (primary N) is 4. The Balaban J connectivity index is 2.06. The lowest BCUT2D eigenvalue weighted by molar-refractivity contribution is 0.734. The molecule has 0 unspecified atom stereocenters. The molecule has 142 valence electrons. The minimum absolute atomic E-state index is 0.839. The van der Waals surface area contributed by atoms with Gasteiger partial charge in [0.2, 0.25) is 0 Å². The van der Waals surface area contributed by atoms with Crippen LogP contribution in [0.2, 0.25) is 0 Å². The SMILES string of the molecule is CCc1cc(CCCCc2cc(C)c(N)c(CC)c2N)c(N)c(C)c1N. The largest absolute Gasteiger partial charge is 0.398 e. The van der Waals surface area contributed by atoms with E-state index in [1.54, 1.807) is 0 Å². The van der Waals surface area contributed by atoms with Crippen molar-refractivity contribution in [3.63, 3.8) is 0 Å². The molecule has 0 aromatic heterocycles. The maximum absolute atomic E-state index is 6.34. The normalized spacial score (nSPS) is 11.1. The Morgan fingerprint density at radius 2 is 1.19 bits per heavy atom. The van der Waals surface area contributed by atoms with Gasteiger partial charge in [-0.05, 0) is 85.8 Å². The van der Waals surface area contributed by atoms with Crippen LogP contribution in [0.25, 0.3) is 0 Å². The van der Waals surface area contributed by atoms with Crippen molar-refractivity contribution < 1.29 is 0 Å². The zero-order chi connectivity index (χ0) is 19.4. The van der Waals surface area contributed by atoms with E-state index in [1.807, 2.05) is 6.92 Å². The number of rotatable bonds is 7. The summed E-state index contributed by atoms with van der Waals surface area (Å²) in [6.45, 7) is 8.30. The third-order valence-electron chi connectivity index (χ3n) is 5.54. The van der Waals surface area contributed by atoms with E-state index in [1.165, 1.54) is 16.7 Å². The molecule has 0 heterocycles.